The summed E-state index contributed by atoms with van der Waals surface area (Å²) in [6, 6.07) is 6.84. The molecule has 0 aliphatic heterocycles. The predicted molar refractivity (Wildman–Crippen MR) is 83.8 cm³/mol. The molecular weight excluding hydrogens is 256 g/mol. The Hall–Kier alpha value is -1.13. The van der Waals surface area contributed by atoms with E-state index >= 15 is 0 Å². The maximum atomic E-state index is 9.08. The smallest absolute Gasteiger partial charge is 0.106 e. The number of nitrogens with zero attached hydrogens (tertiary/aromatic N) is 1. The molecule has 104 valence electrons. The number of aliphatic hydroxyl groups excluding tert-OH is 1. The highest BCUT2D eigenvalue weighted by atomic mass is 32.1. The fourth-order valence-corrected chi connectivity index (χ4v) is 2.70. The van der Waals surface area contributed by atoms with Crippen molar-refractivity contribution in [2.24, 2.45) is 5.73 Å². The van der Waals surface area contributed by atoms with E-state index in [2.05, 4.69) is 23.1 Å². The van der Waals surface area contributed by atoms with E-state index in [1.807, 2.05) is 6.92 Å². The van der Waals surface area contributed by atoms with Crippen LogP contribution in [-0.2, 0) is 0 Å². The molecule has 0 spiro atoms. The molecule has 0 saturated heterocycles. The van der Waals surface area contributed by atoms with Gasteiger partial charge in [0, 0.05) is 30.4 Å². The van der Waals surface area contributed by atoms with E-state index in [9.17, 15) is 0 Å². The second-order valence-electron chi connectivity index (χ2n) is 5.24. The molecule has 3 nitrogen and oxygen atoms in total. The molecule has 0 heterocycles. The maximum absolute atomic E-state index is 9.08. The van der Waals surface area contributed by atoms with Gasteiger partial charge in [-0.1, -0.05) is 23.8 Å². The van der Waals surface area contributed by atoms with Crippen molar-refractivity contribution in [2.45, 2.75) is 38.6 Å². The number of rotatable bonds is 6. The highest BCUT2D eigenvalue weighted by molar-refractivity contribution is 7.80. The Kier molecular flexibility index (Phi) is 4.77. The summed E-state index contributed by atoms with van der Waals surface area (Å²) in [5.41, 5.74) is 9.11. The standard InChI is InChI=1S/C15H22N2OS/c1-11-6-7-14(13(10-11)15(16)19)17(8-3-9-18)12-4-2-5-12/h6-7,10,12,18H,2-5,8-9H2,1H3,(H2,16,19). The van der Waals surface area contributed by atoms with Crippen LogP contribution in [0.2, 0.25) is 0 Å². The van der Waals surface area contributed by atoms with E-state index < -0.39 is 0 Å². The normalized spacial score (nSPS) is 15.1. The van der Waals surface area contributed by atoms with Crippen LogP contribution in [0.1, 0.15) is 36.8 Å². The zero-order valence-corrected chi connectivity index (χ0v) is 12.2. The van der Waals surface area contributed by atoms with Crippen LogP contribution in [0.4, 0.5) is 5.69 Å². The van der Waals surface area contributed by atoms with Gasteiger partial charge in [0.05, 0.1) is 0 Å². The highest BCUT2D eigenvalue weighted by Crippen LogP contribution is 2.32. The molecule has 4 heteroatoms. The molecule has 1 aromatic carbocycles. The first kappa shape index (κ1) is 14.3. The van der Waals surface area contributed by atoms with E-state index in [1.54, 1.807) is 0 Å². The number of anilines is 1. The van der Waals surface area contributed by atoms with E-state index in [4.69, 9.17) is 23.1 Å². The van der Waals surface area contributed by atoms with Gasteiger partial charge < -0.3 is 15.7 Å². The highest BCUT2D eigenvalue weighted by Gasteiger charge is 2.26. The summed E-state index contributed by atoms with van der Waals surface area (Å²) in [5, 5.41) is 9.08. The molecule has 3 N–H and O–H groups in total. The fraction of sp³-hybridized carbons (Fsp3) is 0.533. The molecule has 1 aliphatic rings. The Balaban J connectivity index is 2.31. The van der Waals surface area contributed by atoms with Crippen LogP contribution in [0.15, 0.2) is 18.2 Å². The first-order chi connectivity index (χ1) is 9.13. The van der Waals surface area contributed by atoms with Gasteiger partial charge >= 0.3 is 0 Å². The molecule has 1 saturated carbocycles. The van der Waals surface area contributed by atoms with Crippen LogP contribution in [0.3, 0.4) is 0 Å². The van der Waals surface area contributed by atoms with E-state index in [-0.39, 0.29) is 6.61 Å². The third-order valence-corrected chi connectivity index (χ3v) is 4.02. The van der Waals surface area contributed by atoms with Crippen molar-refractivity contribution in [2.75, 3.05) is 18.1 Å². The lowest BCUT2D eigenvalue weighted by atomic mass is 9.90. The summed E-state index contributed by atoms with van der Waals surface area (Å²) in [7, 11) is 0. The van der Waals surface area contributed by atoms with Crippen LogP contribution in [0, 0.1) is 6.92 Å². The minimum Gasteiger partial charge on any atom is -0.396 e. The monoisotopic (exact) mass is 278 g/mol. The summed E-state index contributed by atoms with van der Waals surface area (Å²) >= 11 is 5.18. The molecule has 0 bridgehead atoms. The van der Waals surface area contributed by atoms with Crippen LogP contribution >= 0.6 is 12.2 Å². The number of benzene rings is 1. The lowest BCUT2D eigenvalue weighted by Gasteiger charge is -2.40. The third-order valence-electron chi connectivity index (χ3n) is 3.80. The number of aryl methyl sites for hydroxylation is 1. The van der Waals surface area contributed by atoms with Gasteiger partial charge in [-0.15, -0.1) is 0 Å². The Morgan fingerprint density at radius 3 is 2.74 bits per heavy atom. The minimum absolute atomic E-state index is 0.220. The first-order valence-electron chi connectivity index (χ1n) is 6.91. The summed E-state index contributed by atoms with van der Waals surface area (Å²) < 4.78 is 0. The minimum atomic E-state index is 0.220. The van der Waals surface area contributed by atoms with Crippen LogP contribution in [0.5, 0.6) is 0 Å². The summed E-state index contributed by atoms with van der Waals surface area (Å²) in [4.78, 5) is 2.82. The number of nitrogens with two attached hydrogens (primary N) is 1. The topological polar surface area (TPSA) is 49.5 Å². The Bertz CT molecular complexity index is 457. The van der Waals surface area contributed by atoms with Crippen molar-refractivity contribution in [3.8, 4) is 0 Å². The van der Waals surface area contributed by atoms with Gasteiger partial charge in [-0.2, -0.15) is 0 Å². The van der Waals surface area contributed by atoms with E-state index in [1.165, 1.54) is 24.8 Å². The molecule has 0 amide bonds. The average molecular weight is 278 g/mol. The molecule has 1 fully saturated rings. The molecule has 0 unspecified atom stereocenters. The molecule has 2 rings (SSSR count). The largest absolute Gasteiger partial charge is 0.396 e. The van der Waals surface area contributed by atoms with Gasteiger partial charge in [0.15, 0.2) is 0 Å². The molecule has 1 aliphatic carbocycles. The molecule has 0 atom stereocenters. The number of thiocarbonyl (C=S) groups is 1. The second-order valence-corrected chi connectivity index (χ2v) is 5.68. The third kappa shape index (κ3) is 3.25. The SMILES string of the molecule is Cc1ccc(N(CCCO)C2CCC2)c(C(N)=S)c1. The summed E-state index contributed by atoms with van der Waals surface area (Å²) in [6.45, 7) is 3.13. The second kappa shape index (κ2) is 6.35. The molecule has 0 radical (unpaired) electrons. The molecule has 0 aromatic heterocycles. The first-order valence-corrected chi connectivity index (χ1v) is 7.32. The van der Waals surface area contributed by atoms with Gasteiger partial charge in [0.2, 0.25) is 0 Å². The van der Waals surface area contributed by atoms with Gasteiger partial charge in [0.1, 0.15) is 4.99 Å². The van der Waals surface area contributed by atoms with Crippen LogP contribution in [-0.4, -0.2) is 29.3 Å². The van der Waals surface area contributed by atoms with Crippen molar-refractivity contribution in [1.82, 2.24) is 0 Å². The van der Waals surface area contributed by atoms with Crippen molar-refractivity contribution in [1.29, 1.82) is 0 Å². The number of hydrogen-bond donors (Lipinski definition) is 2. The Labute approximate surface area is 120 Å². The Morgan fingerprint density at radius 2 is 2.21 bits per heavy atom. The van der Waals surface area contributed by atoms with Crippen LogP contribution < -0.4 is 10.6 Å². The zero-order valence-electron chi connectivity index (χ0n) is 11.4. The van der Waals surface area contributed by atoms with Gasteiger partial charge in [0.25, 0.3) is 0 Å². The van der Waals surface area contributed by atoms with Crippen molar-refractivity contribution >= 4 is 22.9 Å². The number of hydrogen-bond acceptors (Lipinski definition) is 3. The van der Waals surface area contributed by atoms with Gasteiger partial charge in [-0.25, -0.2) is 0 Å². The lowest BCUT2D eigenvalue weighted by molar-refractivity contribution is 0.283. The summed E-state index contributed by atoms with van der Waals surface area (Å²) in [5.74, 6) is 0. The van der Waals surface area contributed by atoms with Crippen molar-refractivity contribution in [3.63, 3.8) is 0 Å². The van der Waals surface area contributed by atoms with Gasteiger partial charge in [-0.3, -0.25) is 0 Å². The summed E-state index contributed by atoms with van der Waals surface area (Å²) in [6.07, 6.45) is 4.50. The predicted octanol–water partition coefficient (Wildman–Crippen LogP) is 2.37. The Morgan fingerprint density at radius 1 is 1.47 bits per heavy atom. The lowest BCUT2D eigenvalue weighted by Crippen LogP contribution is -2.42. The maximum Gasteiger partial charge on any atom is 0.106 e. The quantitative estimate of drug-likeness (QED) is 0.784. The fourth-order valence-electron chi connectivity index (χ4n) is 2.54. The van der Waals surface area contributed by atoms with Crippen molar-refractivity contribution in [3.05, 3.63) is 29.3 Å². The molecular formula is C15H22N2OS. The van der Waals surface area contributed by atoms with Gasteiger partial charge in [-0.05, 0) is 44.7 Å². The number of aliphatic hydroxyl groups is 1. The molecule has 1 aromatic rings. The van der Waals surface area contributed by atoms with Crippen molar-refractivity contribution < 1.29 is 5.11 Å². The van der Waals surface area contributed by atoms with Crippen LogP contribution in [0.25, 0.3) is 0 Å². The van der Waals surface area contributed by atoms with E-state index in [0.29, 0.717) is 11.0 Å². The average Bonchev–Trinajstić information content (AvgIpc) is 2.32. The zero-order chi connectivity index (χ0) is 13.8. The molecule has 19 heavy (non-hydrogen) atoms. The van der Waals surface area contributed by atoms with E-state index in [0.717, 1.165) is 24.2 Å².